The van der Waals surface area contributed by atoms with Crippen molar-refractivity contribution >= 4 is 19.7 Å². The van der Waals surface area contributed by atoms with Gasteiger partial charge in [0.05, 0.1) is 11.5 Å². The van der Waals surface area contributed by atoms with Crippen molar-refractivity contribution in [1.29, 1.82) is 0 Å². The molecule has 0 unspecified atom stereocenters. The van der Waals surface area contributed by atoms with Crippen molar-refractivity contribution in [3.8, 4) is 0 Å². The standard InChI is InChI=1S/C4H8O2S.C4H10O2S/c5-7(6)3-1-2-4-7;1-3-4-7(2,5)6/h1-4H2;3-4H2,1-2H3. The monoisotopic (exact) mass is 242 g/mol. The molecule has 1 aliphatic heterocycles. The van der Waals surface area contributed by atoms with Crippen LogP contribution in [0.5, 0.6) is 0 Å². The first-order valence-corrected chi connectivity index (χ1v) is 8.53. The zero-order valence-electron chi connectivity index (χ0n) is 8.69. The molecule has 0 spiro atoms. The molecular weight excluding hydrogens is 224 g/mol. The van der Waals surface area contributed by atoms with E-state index < -0.39 is 19.7 Å². The third-order valence-electron chi connectivity index (χ3n) is 1.74. The Hall–Kier alpha value is -0.100. The van der Waals surface area contributed by atoms with Gasteiger partial charge in [0.15, 0.2) is 0 Å². The second-order valence-electron chi connectivity index (χ2n) is 3.49. The molecule has 0 aromatic rings. The molecule has 14 heavy (non-hydrogen) atoms. The second kappa shape index (κ2) is 5.70. The molecule has 1 aliphatic rings. The Morgan fingerprint density at radius 3 is 1.64 bits per heavy atom. The van der Waals surface area contributed by atoms with Crippen molar-refractivity contribution in [2.45, 2.75) is 26.2 Å². The number of hydrogen-bond donors (Lipinski definition) is 0. The third kappa shape index (κ3) is 8.50. The second-order valence-corrected chi connectivity index (χ2v) is 8.05. The molecule has 1 fully saturated rings. The maximum Gasteiger partial charge on any atom is 0.150 e. The van der Waals surface area contributed by atoms with Crippen LogP contribution in [0.15, 0.2) is 0 Å². The molecule has 0 saturated carbocycles. The third-order valence-corrected chi connectivity index (χ3v) is 4.71. The summed E-state index contributed by atoms with van der Waals surface area (Å²) in [6, 6.07) is 0. The predicted molar refractivity (Wildman–Crippen MR) is 57.9 cm³/mol. The number of sulfone groups is 2. The summed E-state index contributed by atoms with van der Waals surface area (Å²) in [5.74, 6) is 1.16. The van der Waals surface area contributed by atoms with Crippen molar-refractivity contribution in [2.75, 3.05) is 23.5 Å². The number of rotatable bonds is 2. The van der Waals surface area contributed by atoms with E-state index in [2.05, 4.69) is 0 Å². The fraction of sp³-hybridized carbons (Fsp3) is 1.00. The van der Waals surface area contributed by atoms with E-state index in [1.807, 2.05) is 6.92 Å². The van der Waals surface area contributed by atoms with Crippen molar-refractivity contribution < 1.29 is 16.8 Å². The van der Waals surface area contributed by atoms with Gasteiger partial charge < -0.3 is 0 Å². The average Bonchev–Trinajstić information content (AvgIpc) is 2.32. The number of hydrogen-bond acceptors (Lipinski definition) is 4. The van der Waals surface area contributed by atoms with Crippen LogP contribution >= 0.6 is 0 Å². The van der Waals surface area contributed by atoms with Crippen LogP contribution in [-0.4, -0.2) is 40.3 Å². The van der Waals surface area contributed by atoms with Gasteiger partial charge in [0.2, 0.25) is 0 Å². The van der Waals surface area contributed by atoms with Crippen LogP contribution in [-0.2, 0) is 19.7 Å². The Kier molecular flexibility index (Phi) is 5.66. The highest BCUT2D eigenvalue weighted by molar-refractivity contribution is 7.91. The highest BCUT2D eigenvalue weighted by Crippen LogP contribution is 2.08. The lowest BCUT2D eigenvalue weighted by molar-refractivity contribution is 0.599. The zero-order chi connectivity index (χ0) is 11.2. The van der Waals surface area contributed by atoms with Crippen LogP contribution in [0.4, 0.5) is 0 Å². The van der Waals surface area contributed by atoms with E-state index in [9.17, 15) is 16.8 Å². The van der Waals surface area contributed by atoms with Crippen molar-refractivity contribution in [3.05, 3.63) is 0 Å². The molecule has 0 amide bonds. The fourth-order valence-electron chi connectivity index (χ4n) is 1.12. The summed E-state index contributed by atoms with van der Waals surface area (Å²) in [5, 5.41) is 0. The molecule has 1 saturated heterocycles. The molecule has 6 heteroatoms. The maximum absolute atomic E-state index is 10.4. The average molecular weight is 242 g/mol. The zero-order valence-corrected chi connectivity index (χ0v) is 10.3. The molecule has 1 heterocycles. The van der Waals surface area contributed by atoms with Crippen LogP contribution in [0, 0.1) is 0 Å². The summed E-state index contributed by atoms with van der Waals surface area (Å²) in [5.41, 5.74) is 0. The summed E-state index contributed by atoms with van der Waals surface area (Å²) >= 11 is 0. The lowest BCUT2D eigenvalue weighted by Crippen LogP contribution is -2.00. The van der Waals surface area contributed by atoms with E-state index in [0.29, 0.717) is 17.3 Å². The Balaban J connectivity index is 0.000000241. The van der Waals surface area contributed by atoms with E-state index in [1.54, 1.807) is 0 Å². The van der Waals surface area contributed by atoms with Gasteiger partial charge in [-0.2, -0.15) is 0 Å². The molecule has 0 atom stereocenters. The molecule has 0 bridgehead atoms. The highest BCUT2D eigenvalue weighted by Gasteiger charge is 2.16. The Morgan fingerprint density at radius 2 is 1.57 bits per heavy atom. The normalized spacial score (nSPS) is 19.9. The summed E-state index contributed by atoms with van der Waals surface area (Å²) in [7, 11) is -5.22. The SMILES string of the molecule is CCCS(C)(=O)=O.O=S1(=O)CCCC1. The summed E-state index contributed by atoms with van der Waals surface area (Å²) < 4.78 is 41.3. The van der Waals surface area contributed by atoms with E-state index in [0.717, 1.165) is 19.3 Å². The lowest BCUT2D eigenvalue weighted by atomic mass is 10.4. The van der Waals surface area contributed by atoms with Crippen molar-refractivity contribution in [1.82, 2.24) is 0 Å². The minimum absolute atomic E-state index is 0.312. The molecular formula is C8H18O4S2. The van der Waals surface area contributed by atoms with E-state index in [1.165, 1.54) is 6.26 Å². The van der Waals surface area contributed by atoms with Gasteiger partial charge in [-0.25, -0.2) is 16.8 Å². The fourth-order valence-corrected chi connectivity index (χ4v) is 3.35. The van der Waals surface area contributed by atoms with Crippen LogP contribution < -0.4 is 0 Å². The smallest absolute Gasteiger partial charge is 0.150 e. The van der Waals surface area contributed by atoms with E-state index >= 15 is 0 Å². The summed E-state index contributed by atoms with van der Waals surface area (Å²) in [4.78, 5) is 0. The minimum Gasteiger partial charge on any atom is -0.229 e. The Bertz CT molecular complexity index is 328. The molecule has 0 radical (unpaired) electrons. The van der Waals surface area contributed by atoms with Gasteiger partial charge >= 0.3 is 0 Å². The predicted octanol–water partition coefficient (Wildman–Crippen LogP) is 0.636. The first kappa shape index (κ1) is 13.9. The van der Waals surface area contributed by atoms with E-state index in [-0.39, 0.29) is 0 Å². The van der Waals surface area contributed by atoms with Gasteiger partial charge in [0.25, 0.3) is 0 Å². The summed E-state index contributed by atoms with van der Waals surface area (Å²) in [6.07, 6.45) is 3.72. The van der Waals surface area contributed by atoms with Crippen LogP contribution in [0.3, 0.4) is 0 Å². The topological polar surface area (TPSA) is 68.3 Å². The molecule has 0 aromatic carbocycles. The lowest BCUT2D eigenvalue weighted by Gasteiger charge is -1.87. The Labute approximate surface area is 86.5 Å². The van der Waals surface area contributed by atoms with Crippen molar-refractivity contribution in [2.24, 2.45) is 0 Å². The summed E-state index contributed by atoms with van der Waals surface area (Å²) in [6.45, 7) is 1.85. The van der Waals surface area contributed by atoms with Crippen LogP contribution in [0.1, 0.15) is 26.2 Å². The van der Waals surface area contributed by atoms with Gasteiger partial charge in [-0.15, -0.1) is 0 Å². The Morgan fingerprint density at radius 1 is 1.14 bits per heavy atom. The van der Waals surface area contributed by atoms with Gasteiger partial charge in [0.1, 0.15) is 19.7 Å². The maximum atomic E-state index is 10.4. The molecule has 0 aromatic heterocycles. The van der Waals surface area contributed by atoms with Crippen LogP contribution in [0.25, 0.3) is 0 Å². The van der Waals surface area contributed by atoms with Crippen molar-refractivity contribution in [3.63, 3.8) is 0 Å². The van der Waals surface area contributed by atoms with Gasteiger partial charge in [-0.1, -0.05) is 6.92 Å². The quantitative estimate of drug-likeness (QED) is 0.712. The van der Waals surface area contributed by atoms with E-state index in [4.69, 9.17) is 0 Å². The van der Waals surface area contributed by atoms with Gasteiger partial charge in [0, 0.05) is 12.0 Å². The molecule has 0 aliphatic carbocycles. The molecule has 1 rings (SSSR count). The molecule has 86 valence electrons. The van der Waals surface area contributed by atoms with Gasteiger partial charge in [-0.3, -0.25) is 0 Å². The first-order valence-electron chi connectivity index (χ1n) is 4.65. The molecule has 0 N–H and O–H groups in total. The molecule has 4 nitrogen and oxygen atoms in total. The first-order chi connectivity index (χ1) is 6.27. The minimum atomic E-state index is -2.67. The largest absolute Gasteiger partial charge is 0.229 e. The van der Waals surface area contributed by atoms with Gasteiger partial charge in [-0.05, 0) is 19.3 Å². The highest BCUT2D eigenvalue weighted by atomic mass is 32.2. The van der Waals surface area contributed by atoms with Crippen LogP contribution in [0.2, 0.25) is 0 Å².